The van der Waals surface area contributed by atoms with Gasteiger partial charge >= 0.3 is 0 Å². The Kier molecular flexibility index (Phi) is 3.86. The quantitative estimate of drug-likeness (QED) is 0.553. The first kappa shape index (κ1) is 9.88. The van der Waals surface area contributed by atoms with Gasteiger partial charge in [0.2, 0.25) is 0 Å². The average molecular weight is 147 g/mol. The van der Waals surface area contributed by atoms with Crippen LogP contribution in [0.3, 0.4) is 0 Å². The smallest absolute Gasteiger partial charge is 0.104 e. The maximum Gasteiger partial charge on any atom is 0.104 e. The molecule has 0 heterocycles. The van der Waals surface area contributed by atoms with E-state index in [9.17, 15) is 0 Å². The zero-order valence-electron chi connectivity index (χ0n) is 7.07. The molecule has 0 amide bonds. The van der Waals surface area contributed by atoms with Gasteiger partial charge in [0.05, 0.1) is 6.10 Å². The van der Waals surface area contributed by atoms with E-state index >= 15 is 0 Å². The van der Waals surface area contributed by atoms with Gasteiger partial charge < -0.3 is 10.2 Å². The number of aliphatic hydroxyl groups is 2. The molecule has 3 heteroatoms. The molecule has 3 atom stereocenters. The molecule has 0 aromatic carbocycles. The molecular weight excluding hydrogens is 130 g/mol. The van der Waals surface area contributed by atoms with Gasteiger partial charge in [-0.3, -0.25) is 4.90 Å². The van der Waals surface area contributed by atoms with Gasteiger partial charge in [0.25, 0.3) is 0 Å². The molecular formula is C7H17NO2. The van der Waals surface area contributed by atoms with Gasteiger partial charge in [-0.05, 0) is 27.8 Å². The summed E-state index contributed by atoms with van der Waals surface area (Å²) in [4.78, 5) is 1.71. The van der Waals surface area contributed by atoms with E-state index in [0.29, 0.717) is 0 Å². The Morgan fingerprint density at radius 3 is 1.60 bits per heavy atom. The Balaban J connectivity index is 3.81. The molecule has 0 fully saturated rings. The standard InChI is InChI=1S/C7H17NO2/c1-5(6(2)9)8(4)7(3)10/h5-7,9-10H,1-4H3. The molecule has 3 nitrogen and oxygen atoms in total. The van der Waals surface area contributed by atoms with Crippen LogP contribution in [-0.2, 0) is 0 Å². The Hall–Kier alpha value is -0.120. The molecule has 0 saturated heterocycles. The van der Waals surface area contributed by atoms with Crippen LogP contribution in [0.15, 0.2) is 0 Å². The Bertz CT molecular complexity index is 81.6. The normalized spacial score (nSPS) is 20.7. The maximum absolute atomic E-state index is 9.09. The van der Waals surface area contributed by atoms with Crippen LogP contribution in [0.5, 0.6) is 0 Å². The summed E-state index contributed by atoms with van der Waals surface area (Å²) in [7, 11) is 1.78. The number of aliphatic hydroxyl groups excluding tert-OH is 2. The monoisotopic (exact) mass is 147 g/mol. The van der Waals surface area contributed by atoms with Crippen molar-refractivity contribution in [3.05, 3.63) is 0 Å². The molecule has 2 N–H and O–H groups in total. The highest BCUT2D eigenvalue weighted by Gasteiger charge is 2.17. The number of nitrogens with zero attached hydrogens (tertiary/aromatic N) is 1. The molecule has 0 aliphatic rings. The van der Waals surface area contributed by atoms with E-state index in [-0.39, 0.29) is 6.04 Å². The Morgan fingerprint density at radius 1 is 1.10 bits per heavy atom. The molecule has 10 heavy (non-hydrogen) atoms. The molecule has 0 aromatic heterocycles. The topological polar surface area (TPSA) is 43.7 Å². The fraction of sp³-hybridized carbons (Fsp3) is 1.00. The summed E-state index contributed by atoms with van der Waals surface area (Å²) in [6.45, 7) is 5.26. The van der Waals surface area contributed by atoms with E-state index < -0.39 is 12.3 Å². The first-order valence-corrected chi connectivity index (χ1v) is 3.55. The van der Waals surface area contributed by atoms with E-state index in [2.05, 4.69) is 0 Å². The van der Waals surface area contributed by atoms with Crippen molar-refractivity contribution < 1.29 is 10.2 Å². The largest absolute Gasteiger partial charge is 0.392 e. The fourth-order valence-corrected chi connectivity index (χ4v) is 0.681. The summed E-state index contributed by atoms with van der Waals surface area (Å²) in [5.41, 5.74) is 0. The molecule has 0 spiro atoms. The SMILES string of the molecule is CC(O)C(C)N(C)C(C)O. The van der Waals surface area contributed by atoms with Crippen LogP contribution < -0.4 is 0 Å². The van der Waals surface area contributed by atoms with Crippen molar-refractivity contribution >= 4 is 0 Å². The van der Waals surface area contributed by atoms with E-state index in [0.717, 1.165) is 0 Å². The van der Waals surface area contributed by atoms with Gasteiger partial charge in [0.15, 0.2) is 0 Å². The lowest BCUT2D eigenvalue weighted by molar-refractivity contribution is -0.0245. The second kappa shape index (κ2) is 3.91. The number of hydrogen-bond acceptors (Lipinski definition) is 3. The van der Waals surface area contributed by atoms with Crippen LogP contribution in [0, 0.1) is 0 Å². The van der Waals surface area contributed by atoms with Gasteiger partial charge in [-0.15, -0.1) is 0 Å². The third-order valence-corrected chi connectivity index (χ3v) is 1.93. The zero-order chi connectivity index (χ0) is 8.31. The lowest BCUT2D eigenvalue weighted by Gasteiger charge is -2.29. The fourth-order valence-electron chi connectivity index (χ4n) is 0.681. The van der Waals surface area contributed by atoms with Crippen LogP contribution in [0.2, 0.25) is 0 Å². The lowest BCUT2D eigenvalue weighted by Crippen LogP contribution is -2.42. The summed E-state index contributed by atoms with van der Waals surface area (Å²) in [5, 5.41) is 18.1. The van der Waals surface area contributed by atoms with Gasteiger partial charge in [-0.25, -0.2) is 0 Å². The molecule has 0 aromatic rings. The molecule has 0 aliphatic carbocycles. The minimum absolute atomic E-state index is 0.000000000000000444. The van der Waals surface area contributed by atoms with Crippen LogP contribution >= 0.6 is 0 Å². The highest BCUT2D eigenvalue weighted by Crippen LogP contribution is 2.03. The molecule has 0 aliphatic heterocycles. The highest BCUT2D eigenvalue weighted by atomic mass is 16.3. The molecule has 0 rings (SSSR count). The molecule has 0 bridgehead atoms. The molecule has 62 valence electrons. The molecule has 0 saturated carbocycles. The van der Waals surface area contributed by atoms with Crippen LogP contribution in [-0.4, -0.2) is 40.5 Å². The Morgan fingerprint density at radius 2 is 1.50 bits per heavy atom. The van der Waals surface area contributed by atoms with Crippen LogP contribution in [0.25, 0.3) is 0 Å². The van der Waals surface area contributed by atoms with E-state index in [1.165, 1.54) is 0 Å². The Labute approximate surface area is 62.3 Å². The maximum atomic E-state index is 9.09. The van der Waals surface area contributed by atoms with Crippen molar-refractivity contribution in [2.45, 2.75) is 39.1 Å². The van der Waals surface area contributed by atoms with Crippen molar-refractivity contribution in [2.75, 3.05) is 7.05 Å². The predicted molar refractivity (Wildman–Crippen MR) is 40.6 cm³/mol. The van der Waals surface area contributed by atoms with Gasteiger partial charge in [0.1, 0.15) is 6.23 Å². The van der Waals surface area contributed by atoms with Crippen LogP contribution in [0.1, 0.15) is 20.8 Å². The summed E-state index contributed by atoms with van der Waals surface area (Å²) in [5.74, 6) is 0. The zero-order valence-corrected chi connectivity index (χ0v) is 7.07. The van der Waals surface area contributed by atoms with Crippen molar-refractivity contribution in [2.24, 2.45) is 0 Å². The van der Waals surface area contributed by atoms with Gasteiger partial charge in [0, 0.05) is 6.04 Å². The predicted octanol–water partition coefficient (Wildman–Crippen LogP) is 0.0258. The van der Waals surface area contributed by atoms with E-state index in [1.807, 2.05) is 6.92 Å². The van der Waals surface area contributed by atoms with Crippen LogP contribution in [0.4, 0.5) is 0 Å². The van der Waals surface area contributed by atoms with Crippen molar-refractivity contribution in [1.29, 1.82) is 0 Å². The van der Waals surface area contributed by atoms with Crippen molar-refractivity contribution in [3.8, 4) is 0 Å². The molecule has 3 unspecified atom stereocenters. The van der Waals surface area contributed by atoms with Gasteiger partial charge in [-0.2, -0.15) is 0 Å². The lowest BCUT2D eigenvalue weighted by atomic mass is 10.2. The van der Waals surface area contributed by atoms with E-state index in [4.69, 9.17) is 10.2 Å². The molecule has 0 radical (unpaired) electrons. The van der Waals surface area contributed by atoms with Crippen molar-refractivity contribution in [3.63, 3.8) is 0 Å². The number of likely N-dealkylation sites (N-methyl/N-ethyl adjacent to an activating group) is 1. The summed E-state index contributed by atoms with van der Waals surface area (Å²) in [6.07, 6.45) is -0.899. The van der Waals surface area contributed by atoms with Crippen molar-refractivity contribution in [1.82, 2.24) is 4.90 Å². The van der Waals surface area contributed by atoms with Gasteiger partial charge in [-0.1, -0.05) is 0 Å². The summed E-state index contributed by atoms with van der Waals surface area (Å²) in [6, 6.07) is -0.000000000000000444. The second-order valence-electron chi connectivity index (χ2n) is 2.78. The summed E-state index contributed by atoms with van der Waals surface area (Å²) < 4.78 is 0. The summed E-state index contributed by atoms with van der Waals surface area (Å²) >= 11 is 0. The minimum Gasteiger partial charge on any atom is -0.392 e. The minimum atomic E-state index is -0.496. The number of rotatable bonds is 3. The third kappa shape index (κ3) is 2.64. The second-order valence-corrected chi connectivity index (χ2v) is 2.78. The van der Waals surface area contributed by atoms with E-state index in [1.54, 1.807) is 25.8 Å². The average Bonchev–Trinajstić information content (AvgIpc) is 1.84. The highest BCUT2D eigenvalue weighted by molar-refractivity contribution is 4.68. The third-order valence-electron chi connectivity index (χ3n) is 1.93. The first-order chi connectivity index (χ1) is 4.46. The number of hydrogen-bond donors (Lipinski definition) is 2. The first-order valence-electron chi connectivity index (χ1n) is 3.55.